The predicted octanol–water partition coefficient (Wildman–Crippen LogP) is 3.66. The number of nitrogens with zero attached hydrogens (tertiary/aromatic N) is 2. The monoisotopic (exact) mass is 460 g/mol. The first-order valence-electron chi connectivity index (χ1n) is 9.11. The quantitative estimate of drug-likeness (QED) is 0.353. The molecule has 6 heteroatoms. The second-order valence-corrected chi connectivity index (χ2v) is 6.77. The van der Waals surface area contributed by atoms with E-state index in [1.54, 1.807) is 7.11 Å². The maximum Gasteiger partial charge on any atom is 0.191 e. The lowest BCUT2D eigenvalue weighted by atomic mass is 9.83. The summed E-state index contributed by atoms with van der Waals surface area (Å²) in [6, 6.07) is 4.04. The van der Waals surface area contributed by atoms with Gasteiger partial charge in [-0.3, -0.25) is 4.98 Å². The van der Waals surface area contributed by atoms with Gasteiger partial charge in [-0.25, -0.2) is 4.99 Å². The molecule has 142 valence electrons. The maximum absolute atomic E-state index is 5.32. The fourth-order valence-corrected chi connectivity index (χ4v) is 3.41. The number of aliphatic imine (C=N–C) groups is 1. The molecule has 1 aromatic heterocycles. The molecule has 0 saturated heterocycles. The Hall–Kier alpha value is -0.890. The highest BCUT2D eigenvalue weighted by molar-refractivity contribution is 14.0. The van der Waals surface area contributed by atoms with Crippen LogP contribution in [0.25, 0.3) is 0 Å². The molecule has 0 aliphatic heterocycles. The third kappa shape index (κ3) is 7.09. The van der Waals surface area contributed by atoms with Crippen LogP contribution >= 0.6 is 24.0 Å². The van der Waals surface area contributed by atoms with Crippen molar-refractivity contribution >= 4 is 29.9 Å². The van der Waals surface area contributed by atoms with Gasteiger partial charge in [-0.2, -0.15) is 0 Å². The van der Waals surface area contributed by atoms with Crippen LogP contribution in [0, 0.1) is 12.3 Å². The molecule has 0 amide bonds. The molecule has 0 aromatic carbocycles. The predicted molar refractivity (Wildman–Crippen MR) is 115 cm³/mol. The summed E-state index contributed by atoms with van der Waals surface area (Å²) in [6.45, 7) is 7.44. The van der Waals surface area contributed by atoms with Crippen LogP contribution in [-0.2, 0) is 11.3 Å². The van der Waals surface area contributed by atoms with Crippen molar-refractivity contribution in [2.24, 2.45) is 10.4 Å². The molecule has 1 aromatic rings. The molecule has 25 heavy (non-hydrogen) atoms. The molecule has 0 radical (unpaired) electrons. The van der Waals surface area contributed by atoms with Crippen molar-refractivity contribution < 1.29 is 4.74 Å². The second kappa shape index (κ2) is 11.7. The van der Waals surface area contributed by atoms with Crippen molar-refractivity contribution in [2.75, 3.05) is 26.8 Å². The Morgan fingerprint density at radius 3 is 2.72 bits per heavy atom. The number of rotatable bonds is 8. The summed E-state index contributed by atoms with van der Waals surface area (Å²) in [5.74, 6) is 0.881. The van der Waals surface area contributed by atoms with Crippen molar-refractivity contribution in [3.8, 4) is 0 Å². The van der Waals surface area contributed by atoms with Crippen molar-refractivity contribution in [1.82, 2.24) is 15.6 Å². The van der Waals surface area contributed by atoms with E-state index in [4.69, 9.17) is 9.73 Å². The Balaban J connectivity index is 0.00000312. The molecule has 1 aliphatic rings. The zero-order valence-corrected chi connectivity index (χ0v) is 18.1. The fraction of sp³-hybridized carbons (Fsp3) is 0.684. The lowest BCUT2D eigenvalue weighted by molar-refractivity contribution is 0.138. The Morgan fingerprint density at radius 1 is 1.32 bits per heavy atom. The Labute approximate surface area is 169 Å². The molecule has 0 atom stereocenters. The summed E-state index contributed by atoms with van der Waals surface area (Å²) in [5.41, 5.74) is 2.57. The number of aromatic nitrogens is 1. The van der Waals surface area contributed by atoms with Crippen molar-refractivity contribution in [3.63, 3.8) is 0 Å². The van der Waals surface area contributed by atoms with Crippen LogP contribution in [0.3, 0.4) is 0 Å². The number of aryl methyl sites for hydroxylation is 1. The number of nitrogens with one attached hydrogen (secondary N) is 2. The van der Waals surface area contributed by atoms with Gasteiger partial charge in [0.2, 0.25) is 0 Å². The average molecular weight is 460 g/mol. The first-order chi connectivity index (χ1) is 11.7. The Morgan fingerprint density at radius 2 is 2.08 bits per heavy atom. The zero-order chi connectivity index (χ0) is 17.3. The molecule has 0 unspecified atom stereocenters. The van der Waals surface area contributed by atoms with Gasteiger partial charge in [-0.05, 0) is 50.2 Å². The smallest absolute Gasteiger partial charge is 0.191 e. The van der Waals surface area contributed by atoms with Gasteiger partial charge in [-0.1, -0.05) is 18.9 Å². The summed E-state index contributed by atoms with van der Waals surface area (Å²) in [6.07, 6.45) is 8.16. The van der Waals surface area contributed by atoms with E-state index in [0.29, 0.717) is 12.0 Å². The number of hydrogen-bond acceptors (Lipinski definition) is 3. The number of guanidine groups is 1. The van der Waals surface area contributed by atoms with E-state index < -0.39 is 0 Å². The summed E-state index contributed by atoms with van der Waals surface area (Å²) < 4.78 is 5.32. The average Bonchev–Trinajstić information content (AvgIpc) is 3.06. The van der Waals surface area contributed by atoms with Crippen LogP contribution in [0.2, 0.25) is 0 Å². The van der Waals surface area contributed by atoms with Gasteiger partial charge in [0.1, 0.15) is 0 Å². The van der Waals surface area contributed by atoms with E-state index in [9.17, 15) is 0 Å². The summed E-state index contributed by atoms with van der Waals surface area (Å²) in [5, 5.41) is 6.91. The maximum atomic E-state index is 5.32. The van der Waals surface area contributed by atoms with E-state index in [0.717, 1.165) is 37.8 Å². The zero-order valence-electron chi connectivity index (χ0n) is 15.8. The number of halogens is 1. The minimum atomic E-state index is 0. The highest BCUT2D eigenvalue weighted by atomic mass is 127. The van der Waals surface area contributed by atoms with Crippen LogP contribution in [0.4, 0.5) is 0 Å². The normalized spacial score (nSPS) is 16.4. The molecule has 2 N–H and O–H groups in total. The molecule has 1 fully saturated rings. The van der Waals surface area contributed by atoms with Crippen molar-refractivity contribution in [3.05, 3.63) is 29.6 Å². The van der Waals surface area contributed by atoms with E-state index in [-0.39, 0.29) is 24.0 Å². The van der Waals surface area contributed by atoms with Gasteiger partial charge in [-0.15, -0.1) is 24.0 Å². The standard InChI is InChI=1S/C19H32N4O.HI/c1-4-20-18(22-14-17-16(2)8-7-12-21-17)23-15-19(11-13-24-3)9-5-6-10-19;/h7-8,12H,4-6,9-11,13-15H2,1-3H3,(H2,20,22,23);1H. The Kier molecular flexibility index (Phi) is 10.3. The highest BCUT2D eigenvalue weighted by Crippen LogP contribution is 2.40. The van der Waals surface area contributed by atoms with Crippen LogP contribution in [-0.4, -0.2) is 37.7 Å². The Bertz CT molecular complexity index is 530. The number of ether oxygens (including phenoxy) is 1. The van der Waals surface area contributed by atoms with Gasteiger partial charge in [0.15, 0.2) is 5.96 Å². The molecule has 1 aliphatic carbocycles. The van der Waals surface area contributed by atoms with Crippen molar-refractivity contribution in [1.29, 1.82) is 0 Å². The number of methoxy groups -OCH3 is 1. The topological polar surface area (TPSA) is 58.5 Å². The van der Waals surface area contributed by atoms with Crippen LogP contribution in [0.1, 0.15) is 50.3 Å². The van der Waals surface area contributed by atoms with Crippen LogP contribution in [0.5, 0.6) is 0 Å². The summed E-state index contributed by atoms with van der Waals surface area (Å²) >= 11 is 0. The molecule has 1 saturated carbocycles. The van der Waals surface area contributed by atoms with E-state index in [1.807, 2.05) is 12.3 Å². The lowest BCUT2D eigenvalue weighted by Gasteiger charge is -2.30. The van der Waals surface area contributed by atoms with Gasteiger partial charge in [0, 0.05) is 33.0 Å². The minimum absolute atomic E-state index is 0. The second-order valence-electron chi connectivity index (χ2n) is 6.77. The van der Waals surface area contributed by atoms with Gasteiger partial charge in [0.25, 0.3) is 0 Å². The largest absolute Gasteiger partial charge is 0.385 e. The third-order valence-corrected chi connectivity index (χ3v) is 4.98. The molecule has 0 bridgehead atoms. The van der Waals surface area contributed by atoms with Gasteiger partial charge in [0.05, 0.1) is 12.2 Å². The summed E-state index contributed by atoms with van der Waals surface area (Å²) in [7, 11) is 1.79. The molecule has 2 rings (SSSR count). The minimum Gasteiger partial charge on any atom is -0.385 e. The first kappa shape index (κ1) is 22.2. The third-order valence-electron chi connectivity index (χ3n) is 4.98. The van der Waals surface area contributed by atoms with E-state index >= 15 is 0 Å². The molecular formula is C19H33IN4O. The highest BCUT2D eigenvalue weighted by Gasteiger charge is 2.33. The SMILES string of the molecule is CCNC(=NCc1ncccc1C)NCC1(CCOC)CCCC1.I. The molecule has 0 spiro atoms. The lowest BCUT2D eigenvalue weighted by Crippen LogP contribution is -2.43. The van der Waals surface area contributed by atoms with Crippen LogP contribution in [0.15, 0.2) is 23.3 Å². The van der Waals surface area contributed by atoms with E-state index in [2.05, 4.69) is 35.5 Å². The van der Waals surface area contributed by atoms with Gasteiger partial charge < -0.3 is 15.4 Å². The van der Waals surface area contributed by atoms with Crippen LogP contribution < -0.4 is 10.6 Å². The number of hydrogen-bond donors (Lipinski definition) is 2. The summed E-state index contributed by atoms with van der Waals surface area (Å²) in [4.78, 5) is 9.14. The molecule has 5 nitrogen and oxygen atoms in total. The molecule has 1 heterocycles. The molecular weight excluding hydrogens is 427 g/mol. The fourth-order valence-electron chi connectivity index (χ4n) is 3.41. The van der Waals surface area contributed by atoms with Crippen molar-refractivity contribution in [2.45, 2.75) is 52.5 Å². The van der Waals surface area contributed by atoms with Gasteiger partial charge >= 0.3 is 0 Å². The van der Waals surface area contributed by atoms with E-state index in [1.165, 1.54) is 31.2 Å². The number of pyridine rings is 1. The first-order valence-corrected chi connectivity index (χ1v) is 9.11.